The molecule has 20 heavy (non-hydrogen) atoms. The molecular weight excluding hydrogens is 262 g/mol. The Hall–Kier alpha value is -1.89. The van der Waals surface area contributed by atoms with Gasteiger partial charge in [0.15, 0.2) is 0 Å². The number of aliphatic carboxylic acids is 1. The van der Waals surface area contributed by atoms with Gasteiger partial charge in [-0.05, 0) is 6.92 Å². The Morgan fingerprint density at radius 3 is 2.90 bits per heavy atom. The number of carbonyl (C=O) groups is 2. The molecule has 1 amide bonds. The number of aromatic nitrogens is 2. The molecule has 1 aromatic rings. The minimum Gasteiger partial charge on any atom is -0.481 e. The zero-order valence-corrected chi connectivity index (χ0v) is 11.4. The molecule has 1 aliphatic heterocycles. The first kappa shape index (κ1) is 14.5. The molecule has 7 nitrogen and oxygen atoms in total. The molecule has 7 heteroatoms. The molecule has 0 radical (unpaired) electrons. The van der Waals surface area contributed by atoms with Crippen molar-refractivity contribution in [1.29, 1.82) is 0 Å². The number of aryl methyl sites for hydroxylation is 1. The van der Waals surface area contributed by atoms with Crippen LogP contribution in [0.15, 0.2) is 18.7 Å². The highest BCUT2D eigenvalue weighted by Gasteiger charge is 2.39. The summed E-state index contributed by atoms with van der Waals surface area (Å²) in [6, 6.07) is -0.368. The largest absolute Gasteiger partial charge is 0.481 e. The van der Waals surface area contributed by atoms with Crippen molar-refractivity contribution in [1.82, 2.24) is 14.5 Å². The van der Waals surface area contributed by atoms with Crippen LogP contribution in [0.3, 0.4) is 0 Å². The molecule has 1 aromatic heterocycles. The number of hydrogen-bond donors (Lipinski definition) is 1. The van der Waals surface area contributed by atoms with Crippen LogP contribution >= 0.6 is 0 Å². The van der Waals surface area contributed by atoms with E-state index in [9.17, 15) is 9.59 Å². The predicted octanol–water partition coefficient (Wildman–Crippen LogP) is 0.221. The fourth-order valence-corrected chi connectivity index (χ4v) is 2.47. The van der Waals surface area contributed by atoms with Gasteiger partial charge in [0.1, 0.15) is 5.92 Å². The van der Waals surface area contributed by atoms with Gasteiger partial charge < -0.3 is 19.3 Å². The number of nitrogens with zero attached hydrogens (tertiary/aromatic N) is 3. The minimum atomic E-state index is -0.909. The van der Waals surface area contributed by atoms with E-state index in [1.54, 1.807) is 23.6 Å². The second kappa shape index (κ2) is 6.51. The van der Waals surface area contributed by atoms with E-state index in [0.717, 1.165) is 0 Å². The molecule has 0 bridgehead atoms. The summed E-state index contributed by atoms with van der Waals surface area (Å²) in [5, 5.41) is 9.16. The topological polar surface area (TPSA) is 84.7 Å². The molecule has 2 rings (SSSR count). The first-order valence-corrected chi connectivity index (χ1v) is 6.69. The molecule has 2 unspecified atom stereocenters. The van der Waals surface area contributed by atoms with E-state index in [0.29, 0.717) is 26.1 Å². The van der Waals surface area contributed by atoms with Crippen LogP contribution in [0.1, 0.15) is 13.3 Å². The van der Waals surface area contributed by atoms with Crippen molar-refractivity contribution in [2.75, 3.05) is 19.8 Å². The summed E-state index contributed by atoms with van der Waals surface area (Å²) in [4.78, 5) is 29.0. The molecule has 2 atom stereocenters. The molecule has 1 aliphatic rings. The van der Waals surface area contributed by atoms with Crippen molar-refractivity contribution >= 4 is 11.9 Å². The molecule has 110 valence electrons. The predicted molar refractivity (Wildman–Crippen MR) is 70.0 cm³/mol. The first-order valence-electron chi connectivity index (χ1n) is 6.69. The third-order valence-electron chi connectivity index (χ3n) is 3.57. The van der Waals surface area contributed by atoms with Crippen molar-refractivity contribution in [2.24, 2.45) is 5.92 Å². The van der Waals surface area contributed by atoms with Gasteiger partial charge in [0, 0.05) is 31.9 Å². The Balaban J connectivity index is 1.96. The summed E-state index contributed by atoms with van der Waals surface area (Å²) >= 11 is 0. The quantitative estimate of drug-likeness (QED) is 0.806. The second-order valence-electron chi connectivity index (χ2n) is 4.78. The lowest BCUT2D eigenvalue weighted by atomic mass is 10.0. The fourth-order valence-electron chi connectivity index (χ4n) is 2.47. The standard InChI is InChI=1S/C13H19N3O4/c1-2-16(11-8-20-7-10(11)13(18)19)12(17)3-5-15-6-4-14-9-15/h4,6,9-11H,2-3,5,7-8H2,1H3,(H,18,19). The molecule has 2 heterocycles. The van der Waals surface area contributed by atoms with Crippen LogP contribution in [-0.2, 0) is 20.9 Å². The minimum absolute atomic E-state index is 0.0528. The number of carbonyl (C=O) groups excluding carboxylic acids is 1. The van der Waals surface area contributed by atoms with Crippen LogP contribution in [0.4, 0.5) is 0 Å². The molecule has 0 spiro atoms. The van der Waals surface area contributed by atoms with Gasteiger partial charge in [-0.15, -0.1) is 0 Å². The van der Waals surface area contributed by atoms with Gasteiger partial charge in [-0.3, -0.25) is 9.59 Å². The average molecular weight is 281 g/mol. The Bertz CT molecular complexity index is 460. The number of likely N-dealkylation sites (N-methyl/N-ethyl adjacent to an activating group) is 1. The molecular formula is C13H19N3O4. The number of rotatable bonds is 6. The summed E-state index contributed by atoms with van der Waals surface area (Å²) in [5.41, 5.74) is 0. The van der Waals surface area contributed by atoms with Crippen LogP contribution in [0.2, 0.25) is 0 Å². The number of carboxylic acid groups (broad SMARTS) is 1. The maximum atomic E-state index is 12.3. The van der Waals surface area contributed by atoms with Gasteiger partial charge in [-0.2, -0.15) is 0 Å². The summed E-state index contributed by atoms with van der Waals surface area (Å²) in [6.07, 6.45) is 5.44. The molecule has 1 saturated heterocycles. The lowest BCUT2D eigenvalue weighted by Gasteiger charge is -2.29. The zero-order chi connectivity index (χ0) is 14.5. The van der Waals surface area contributed by atoms with E-state index in [-0.39, 0.29) is 18.6 Å². The van der Waals surface area contributed by atoms with Gasteiger partial charge in [-0.1, -0.05) is 0 Å². The molecule has 0 aromatic carbocycles. The van der Waals surface area contributed by atoms with Crippen LogP contribution in [0, 0.1) is 5.92 Å². The number of carboxylic acids is 1. The average Bonchev–Trinajstić information content (AvgIpc) is 3.08. The van der Waals surface area contributed by atoms with E-state index in [1.807, 2.05) is 11.5 Å². The Morgan fingerprint density at radius 2 is 2.30 bits per heavy atom. The summed E-state index contributed by atoms with van der Waals surface area (Å²) < 4.78 is 7.05. The number of amides is 1. The molecule has 1 N–H and O–H groups in total. The number of ether oxygens (including phenoxy) is 1. The maximum absolute atomic E-state index is 12.3. The highest BCUT2D eigenvalue weighted by molar-refractivity contribution is 5.78. The number of imidazole rings is 1. The lowest BCUT2D eigenvalue weighted by molar-refractivity contribution is -0.145. The van der Waals surface area contributed by atoms with Gasteiger partial charge in [0.25, 0.3) is 0 Å². The van der Waals surface area contributed by atoms with Crippen LogP contribution in [-0.4, -0.2) is 57.2 Å². The third-order valence-corrected chi connectivity index (χ3v) is 3.57. The number of hydrogen-bond acceptors (Lipinski definition) is 4. The van der Waals surface area contributed by atoms with Crippen LogP contribution in [0.25, 0.3) is 0 Å². The Kier molecular flexibility index (Phi) is 4.73. The van der Waals surface area contributed by atoms with Crippen molar-refractivity contribution in [3.05, 3.63) is 18.7 Å². The van der Waals surface area contributed by atoms with E-state index < -0.39 is 11.9 Å². The van der Waals surface area contributed by atoms with Crippen molar-refractivity contribution in [2.45, 2.75) is 25.9 Å². The van der Waals surface area contributed by atoms with Crippen LogP contribution in [0.5, 0.6) is 0 Å². The van der Waals surface area contributed by atoms with E-state index >= 15 is 0 Å². The molecule has 0 aliphatic carbocycles. The third kappa shape index (κ3) is 3.16. The Morgan fingerprint density at radius 1 is 1.50 bits per heavy atom. The van der Waals surface area contributed by atoms with E-state index in [2.05, 4.69) is 4.98 Å². The van der Waals surface area contributed by atoms with E-state index in [1.165, 1.54) is 0 Å². The van der Waals surface area contributed by atoms with Gasteiger partial charge in [-0.25, -0.2) is 4.98 Å². The molecule has 0 saturated carbocycles. The maximum Gasteiger partial charge on any atom is 0.311 e. The van der Waals surface area contributed by atoms with Crippen molar-refractivity contribution < 1.29 is 19.4 Å². The lowest BCUT2D eigenvalue weighted by Crippen LogP contribution is -2.46. The zero-order valence-electron chi connectivity index (χ0n) is 11.4. The molecule has 1 fully saturated rings. The first-order chi connectivity index (χ1) is 9.63. The fraction of sp³-hybridized carbons (Fsp3) is 0.615. The van der Waals surface area contributed by atoms with Gasteiger partial charge in [0.2, 0.25) is 5.91 Å². The summed E-state index contributed by atoms with van der Waals surface area (Å²) in [6.45, 7) is 3.35. The SMILES string of the molecule is CCN(C(=O)CCn1ccnc1)C1COCC1C(=O)O. The van der Waals surface area contributed by atoms with E-state index in [4.69, 9.17) is 9.84 Å². The highest BCUT2D eigenvalue weighted by Crippen LogP contribution is 2.20. The second-order valence-corrected chi connectivity index (χ2v) is 4.78. The normalized spacial score (nSPS) is 21.9. The van der Waals surface area contributed by atoms with Gasteiger partial charge in [0.05, 0.1) is 25.6 Å². The van der Waals surface area contributed by atoms with Crippen molar-refractivity contribution in [3.63, 3.8) is 0 Å². The van der Waals surface area contributed by atoms with Crippen molar-refractivity contribution in [3.8, 4) is 0 Å². The smallest absolute Gasteiger partial charge is 0.311 e. The van der Waals surface area contributed by atoms with Crippen LogP contribution < -0.4 is 0 Å². The summed E-state index contributed by atoms with van der Waals surface area (Å²) in [5.74, 6) is -1.59. The monoisotopic (exact) mass is 281 g/mol. The van der Waals surface area contributed by atoms with Gasteiger partial charge >= 0.3 is 5.97 Å². The highest BCUT2D eigenvalue weighted by atomic mass is 16.5. The summed E-state index contributed by atoms with van der Waals surface area (Å²) in [7, 11) is 0. The Labute approximate surface area is 117 Å².